The van der Waals surface area contributed by atoms with Gasteiger partial charge >= 0.3 is 5.97 Å². The van der Waals surface area contributed by atoms with Crippen LogP contribution in [0.15, 0.2) is 24.3 Å². The van der Waals surface area contributed by atoms with E-state index in [1.807, 2.05) is 24.3 Å². The van der Waals surface area contributed by atoms with Gasteiger partial charge in [-0.25, -0.2) is 0 Å². The molecule has 0 aliphatic carbocycles. The number of nitrogens with one attached hydrogen (secondary N) is 1. The van der Waals surface area contributed by atoms with Gasteiger partial charge in [0.05, 0.1) is 19.6 Å². The molecule has 0 aromatic heterocycles. The van der Waals surface area contributed by atoms with E-state index in [4.69, 9.17) is 9.84 Å². The van der Waals surface area contributed by atoms with Crippen molar-refractivity contribution in [2.45, 2.75) is 19.1 Å². The molecule has 0 spiro atoms. The summed E-state index contributed by atoms with van der Waals surface area (Å²) in [6.45, 7) is 0.769. The summed E-state index contributed by atoms with van der Waals surface area (Å²) in [7, 11) is 1.60. The second kappa shape index (κ2) is 6.88. The summed E-state index contributed by atoms with van der Waals surface area (Å²) in [5, 5.41) is 20.8. The Morgan fingerprint density at radius 1 is 1.47 bits per heavy atom. The number of aliphatic hydroxyl groups excluding tert-OH is 1. The van der Waals surface area contributed by atoms with E-state index in [1.165, 1.54) is 0 Å². The Morgan fingerprint density at radius 3 is 2.82 bits per heavy atom. The zero-order valence-electron chi connectivity index (χ0n) is 9.72. The molecule has 5 heteroatoms. The van der Waals surface area contributed by atoms with Crippen molar-refractivity contribution in [1.82, 2.24) is 5.32 Å². The summed E-state index contributed by atoms with van der Waals surface area (Å²) in [5.74, 6) is -0.232. The van der Waals surface area contributed by atoms with E-state index in [1.54, 1.807) is 7.11 Å². The maximum absolute atomic E-state index is 10.3. The third-order valence-corrected chi connectivity index (χ3v) is 2.30. The standard InChI is InChI=1S/C12H17NO4/c1-17-11-5-3-2-4-9(11)7-13-8-10(14)6-12(15)16/h2-5,10,13-14H,6-8H2,1H3,(H,15,16). The number of aliphatic carboxylic acids is 1. The van der Waals surface area contributed by atoms with Crippen LogP contribution < -0.4 is 10.1 Å². The Balaban J connectivity index is 2.37. The average Bonchev–Trinajstić information content (AvgIpc) is 2.28. The van der Waals surface area contributed by atoms with Crippen LogP contribution in [-0.4, -0.2) is 35.9 Å². The van der Waals surface area contributed by atoms with Crippen molar-refractivity contribution >= 4 is 5.97 Å². The molecule has 0 fully saturated rings. The Morgan fingerprint density at radius 2 is 2.18 bits per heavy atom. The van der Waals surface area contributed by atoms with Crippen LogP contribution in [0.5, 0.6) is 5.75 Å². The number of hydrogen-bond acceptors (Lipinski definition) is 4. The van der Waals surface area contributed by atoms with Crippen LogP contribution in [0, 0.1) is 0 Å². The van der Waals surface area contributed by atoms with Crippen LogP contribution in [0.3, 0.4) is 0 Å². The maximum atomic E-state index is 10.3. The predicted octanol–water partition coefficient (Wildman–Crippen LogP) is 0.620. The van der Waals surface area contributed by atoms with Crippen molar-refractivity contribution in [2.75, 3.05) is 13.7 Å². The highest BCUT2D eigenvalue weighted by molar-refractivity contribution is 5.67. The molecule has 0 aliphatic rings. The maximum Gasteiger partial charge on any atom is 0.306 e. The summed E-state index contributed by atoms with van der Waals surface area (Å²) in [4.78, 5) is 10.3. The van der Waals surface area contributed by atoms with E-state index in [0.717, 1.165) is 11.3 Å². The van der Waals surface area contributed by atoms with Crippen LogP contribution in [-0.2, 0) is 11.3 Å². The summed E-state index contributed by atoms with van der Waals surface area (Å²) >= 11 is 0. The largest absolute Gasteiger partial charge is 0.496 e. The number of benzene rings is 1. The van der Waals surface area contributed by atoms with Gasteiger partial charge in [-0.2, -0.15) is 0 Å². The van der Waals surface area contributed by atoms with Gasteiger partial charge in [-0.05, 0) is 6.07 Å². The summed E-state index contributed by atoms with van der Waals surface area (Å²) < 4.78 is 5.17. The molecule has 1 atom stereocenters. The number of ether oxygens (including phenoxy) is 1. The lowest BCUT2D eigenvalue weighted by atomic mass is 10.2. The van der Waals surface area contributed by atoms with Crippen molar-refractivity contribution in [2.24, 2.45) is 0 Å². The SMILES string of the molecule is COc1ccccc1CNCC(O)CC(=O)O. The number of carboxylic acids is 1. The first-order valence-corrected chi connectivity index (χ1v) is 5.36. The molecular weight excluding hydrogens is 222 g/mol. The summed E-state index contributed by atoms with van der Waals surface area (Å²) in [5.41, 5.74) is 0.970. The number of rotatable bonds is 7. The van der Waals surface area contributed by atoms with Gasteiger partial charge < -0.3 is 20.3 Å². The molecular formula is C12H17NO4. The van der Waals surface area contributed by atoms with Gasteiger partial charge in [0, 0.05) is 18.7 Å². The van der Waals surface area contributed by atoms with Crippen LogP contribution in [0.4, 0.5) is 0 Å². The van der Waals surface area contributed by atoms with Gasteiger partial charge in [-0.3, -0.25) is 4.79 Å². The first-order chi connectivity index (χ1) is 8.13. The number of methoxy groups -OCH3 is 1. The van der Waals surface area contributed by atoms with Gasteiger partial charge in [0.25, 0.3) is 0 Å². The molecule has 0 radical (unpaired) electrons. The van der Waals surface area contributed by atoms with Crippen LogP contribution in [0.2, 0.25) is 0 Å². The zero-order chi connectivity index (χ0) is 12.7. The van der Waals surface area contributed by atoms with Crippen molar-refractivity contribution in [3.05, 3.63) is 29.8 Å². The van der Waals surface area contributed by atoms with Gasteiger partial charge in [-0.1, -0.05) is 18.2 Å². The highest BCUT2D eigenvalue weighted by Gasteiger charge is 2.09. The van der Waals surface area contributed by atoms with Crippen molar-refractivity contribution in [3.8, 4) is 5.75 Å². The van der Waals surface area contributed by atoms with Gasteiger partial charge in [0.15, 0.2) is 0 Å². The molecule has 0 saturated carbocycles. The lowest BCUT2D eigenvalue weighted by molar-refractivity contribution is -0.139. The Labute approximate surface area is 100 Å². The van der Waals surface area contributed by atoms with E-state index in [9.17, 15) is 9.90 Å². The lowest BCUT2D eigenvalue weighted by Gasteiger charge is -2.11. The quantitative estimate of drug-likeness (QED) is 0.650. The average molecular weight is 239 g/mol. The van der Waals surface area contributed by atoms with Crippen LogP contribution in [0.25, 0.3) is 0 Å². The second-order valence-electron chi connectivity index (χ2n) is 3.69. The highest BCUT2D eigenvalue weighted by atomic mass is 16.5. The predicted molar refractivity (Wildman–Crippen MR) is 63.0 cm³/mol. The number of carboxylic acid groups (broad SMARTS) is 1. The van der Waals surface area contributed by atoms with Crippen LogP contribution >= 0.6 is 0 Å². The fourth-order valence-electron chi connectivity index (χ4n) is 1.50. The monoisotopic (exact) mass is 239 g/mol. The number of carbonyl (C=O) groups is 1. The van der Waals surface area contributed by atoms with E-state index in [2.05, 4.69) is 5.32 Å². The molecule has 17 heavy (non-hydrogen) atoms. The molecule has 1 aromatic carbocycles. The molecule has 1 aromatic rings. The Bertz CT molecular complexity index is 367. The topological polar surface area (TPSA) is 78.8 Å². The van der Waals surface area contributed by atoms with Crippen molar-refractivity contribution < 1.29 is 19.7 Å². The minimum atomic E-state index is -1.00. The minimum absolute atomic E-state index is 0.240. The van der Waals surface area contributed by atoms with E-state index >= 15 is 0 Å². The Hall–Kier alpha value is -1.59. The van der Waals surface area contributed by atoms with E-state index in [0.29, 0.717) is 6.54 Å². The highest BCUT2D eigenvalue weighted by Crippen LogP contribution is 2.16. The number of aliphatic hydroxyl groups is 1. The van der Waals surface area contributed by atoms with E-state index < -0.39 is 12.1 Å². The summed E-state index contributed by atoms with van der Waals surface area (Å²) in [6, 6.07) is 7.54. The molecule has 5 nitrogen and oxygen atoms in total. The van der Waals surface area contributed by atoms with E-state index in [-0.39, 0.29) is 13.0 Å². The third-order valence-electron chi connectivity index (χ3n) is 2.30. The summed E-state index contributed by atoms with van der Waals surface area (Å²) in [6.07, 6.45) is -1.12. The molecule has 94 valence electrons. The number of para-hydroxylation sites is 1. The molecule has 0 heterocycles. The van der Waals surface area contributed by atoms with Crippen molar-refractivity contribution in [1.29, 1.82) is 0 Å². The van der Waals surface area contributed by atoms with Gasteiger partial charge in [0.1, 0.15) is 5.75 Å². The minimum Gasteiger partial charge on any atom is -0.496 e. The first-order valence-electron chi connectivity index (χ1n) is 5.36. The second-order valence-corrected chi connectivity index (χ2v) is 3.69. The Kier molecular flexibility index (Phi) is 5.45. The molecule has 0 amide bonds. The smallest absolute Gasteiger partial charge is 0.306 e. The molecule has 0 saturated heterocycles. The van der Waals surface area contributed by atoms with Gasteiger partial charge in [-0.15, -0.1) is 0 Å². The zero-order valence-corrected chi connectivity index (χ0v) is 9.72. The van der Waals surface area contributed by atoms with Gasteiger partial charge in [0.2, 0.25) is 0 Å². The van der Waals surface area contributed by atoms with Crippen molar-refractivity contribution in [3.63, 3.8) is 0 Å². The molecule has 0 aliphatic heterocycles. The molecule has 1 rings (SSSR count). The van der Waals surface area contributed by atoms with Crippen LogP contribution in [0.1, 0.15) is 12.0 Å². The fraction of sp³-hybridized carbons (Fsp3) is 0.417. The lowest BCUT2D eigenvalue weighted by Crippen LogP contribution is -2.28. The normalized spacial score (nSPS) is 12.1. The molecule has 0 bridgehead atoms. The molecule has 3 N–H and O–H groups in total. The third kappa shape index (κ3) is 4.84. The first kappa shape index (κ1) is 13.5. The molecule has 1 unspecified atom stereocenters. The number of hydrogen-bond donors (Lipinski definition) is 3. The fourth-order valence-corrected chi connectivity index (χ4v) is 1.50.